The molecule has 0 spiro atoms. The highest BCUT2D eigenvalue weighted by molar-refractivity contribution is 9.11. The Morgan fingerprint density at radius 3 is 1.94 bits per heavy atom. The second-order valence-corrected chi connectivity index (χ2v) is 9.18. The number of amides is 1. The summed E-state index contributed by atoms with van der Waals surface area (Å²) in [6, 6.07) is 28.8. The van der Waals surface area contributed by atoms with Crippen LogP contribution in [0, 0.1) is 0 Å². The number of aromatic nitrogens is 1. The molecule has 7 heteroatoms. The molecule has 3 aromatic carbocycles. The maximum absolute atomic E-state index is 12.8. The van der Waals surface area contributed by atoms with E-state index in [1.54, 1.807) is 12.1 Å². The van der Waals surface area contributed by atoms with Crippen molar-refractivity contribution >= 4 is 43.5 Å². The van der Waals surface area contributed by atoms with Crippen LogP contribution in [0.5, 0.6) is 11.8 Å². The molecule has 34 heavy (non-hydrogen) atoms. The molecule has 0 unspecified atom stereocenters. The van der Waals surface area contributed by atoms with Gasteiger partial charge in [0.2, 0.25) is 17.7 Å². The summed E-state index contributed by atoms with van der Waals surface area (Å²) in [6.45, 7) is 0.697. The molecule has 5 nitrogen and oxygen atoms in total. The van der Waals surface area contributed by atoms with Gasteiger partial charge >= 0.3 is 0 Å². The van der Waals surface area contributed by atoms with Gasteiger partial charge in [-0.2, -0.15) is 4.98 Å². The van der Waals surface area contributed by atoms with E-state index in [1.807, 2.05) is 78.9 Å². The smallest absolute Gasteiger partial charge is 0.241 e. The van der Waals surface area contributed by atoms with E-state index in [1.165, 1.54) is 0 Å². The fourth-order valence-electron chi connectivity index (χ4n) is 3.22. The average Bonchev–Trinajstić information content (AvgIpc) is 2.86. The van der Waals surface area contributed by atoms with Crippen LogP contribution in [0.2, 0.25) is 0 Å². The summed E-state index contributed by atoms with van der Waals surface area (Å²) in [5, 5.41) is 2.93. The SMILES string of the molecule is O=C(Cc1c(Br)cccc1Br)Nc1ccc(OCc2ccccc2)nc1OCc1ccccc1. The minimum absolute atomic E-state index is 0.183. The lowest BCUT2D eigenvalue weighted by molar-refractivity contribution is -0.115. The highest BCUT2D eigenvalue weighted by Crippen LogP contribution is 2.29. The molecule has 0 aliphatic rings. The molecule has 0 saturated carbocycles. The fraction of sp³-hybridized carbons (Fsp3) is 0.111. The van der Waals surface area contributed by atoms with E-state index in [9.17, 15) is 4.79 Å². The molecule has 0 radical (unpaired) electrons. The zero-order valence-corrected chi connectivity index (χ0v) is 21.4. The number of anilines is 1. The number of nitrogens with zero attached hydrogens (tertiary/aromatic N) is 1. The molecule has 0 aliphatic carbocycles. The number of carbonyl (C=O) groups is 1. The molecule has 0 atom stereocenters. The van der Waals surface area contributed by atoms with Gasteiger partial charge in [0.15, 0.2) is 0 Å². The van der Waals surface area contributed by atoms with Gasteiger partial charge in [-0.3, -0.25) is 4.79 Å². The largest absolute Gasteiger partial charge is 0.473 e. The number of halogens is 2. The quantitative estimate of drug-likeness (QED) is 0.232. The second kappa shape index (κ2) is 11.8. The standard InChI is InChI=1S/C27H22Br2N2O3/c28-22-12-7-13-23(29)21(22)16-25(32)30-24-14-15-26(33-17-19-8-3-1-4-9-19)31-27(24)34-18-20-10-5-2-6-11-20/h1-15H,16-18H2,(H,30,32). The Bertz CT molecular complexity index is 1230. The normalized spacial score (nSPS) is 10.5. The number of ether oxygens (including phenoxy) is 2. The molecule has 4 aromatic rings. The Morgan fingerprint density at radius 2 is 1.32 bits per heavy atom. The van der Waals surface area contributed by atoms with Gasteiger partial charge in [-0.25, -0.2) is 0 Å². The molecule has 1 aromatic heterocycles. The van der Waals surface area contributed by atoms with Gasteiger partial charge in [-0.05, 0) is 34.9 Å². The Labute approximate surface area is 215 Å². The number of rotatable bonds is 9. The van der Waals surface area contributed by atoms with Crippen molar-refractivity contribution in [1.82, 2.24) is 4.98 Å². The summed E-state index contributed by atoms with van der Waals surface area (Å²) >= 11 is 7.02. The molecule has 1 N–H and O–H groups in total. The first-order valence-corrected chi connectivity index (χ1v) is 12.2. The highest BCUT2D eigenvalue weighted by atomic mass is 79.9. The van der Waals surface area contributed by atoms with Gasteiger partial charge < -0.3 is 14.8 Å². The maximum Gasteiger partial charge on any atom is 0.241 e. The average molecular weight is 582 g/mol. The molecule has 0 aliphatic heterocycles. The van der Waals surface area contributed by atoms with Crippen LogP contribution in [0.4, 0.5) is 5.69 Å². The molecule has 0 saturated heterocycles. The zero-order chi connectivity index (χ0) is 23.8. The zero-order valence-electron chi connectivity index (χ0n) is 18.2. The van der Waals surface area contributed by atoms with E-state index in [0.29, 0.717) is 30.7 Å². The van der Waals surface area contributed by atoms with Crippen molar-refractivity contribution in [2.24, 2.45) is 0 Å². The molecule has 4 rings (SSSR count). The van der Waals surface area contributed by atoms with Gasteiger partial charge in [0.25, 0.3) is 0 Å². The van der Waals surface area contributed by atoms with Gasteiger partial charge in [0.1, 0.15) is 18.9 Å². The lowest BCUT2D eigenvalue weighted by Gasteiger charge is -2.14. The topological polar surface area (TPSA) is 60.5 Å². The van der Waals surface area contributed by atoms with Crippen molar-refractivity contribution < 1.29 is 14.3 Å². The van der Waals surface area contributed by atoms with Crippen molar-refractivity contribution in [1.29, 1.82) is 0 Å². The lowest BCUT2D eigenvalue weighted by Crippen LogP contribution is -2.16. The first kappa shape index (κ1) is 24.0. The van der Waals surface area contributed by atoms with Crippen molar-refractivity contribution in [2.75, 3.05) is 5.32 Å². The predicted molar refractivity (Wildman–Crippen MR) is 140 cm³/mol. The van der Waals surface area contributed by atoms with E-state index in [0.717, 1.165) is 25.6 Å². The Balaban J connectivity index is 1.51. The summed E-state index contributed by atoms with van der Waals surface area (Å²) in [5.41, 5.74) is 3.38. The number of pyridine rings is 1. The first-order valence-electron chi connectivity index (χ1n) is 10.7. The van der Waals surface area contributed by atoms with Crippen LogP contribution in [0.1, 0.15) is 16.7 Å². The third-order valence-electron chi connectivity index (χ3n) is 4.96. The van der Waals surface area contributed by atoms with Crippen molar-refractivity contribution in [3.05, 3.63) is 117 Å². The summed E-state index contributed by atoms with van der Waals surface area (Å²) in [6.07, 6.45) is 0.187. The van der Waals surface area contributed by atoms with Crippen LogP contribution in [0.15, 0.2) is 99.9 Å². The van der Waals surface area contributed by atoms with Crippen molar-refractivity contribution in [3.63, 3.8) is 0 Å². The number of hydrogen-bond donors (Lipinski definition) is 1. The molecular weight excluding hydrogens is 560 g/mol. The number of carbonyl (C=O) groups excluding carboxylic acids is 1. The Morgan fingerprint density at radius 1 is 0.735 bits per heavy atom. The third-order valence-corrected chi connectivity index (χ3v) is 6.44. The highest BCUT2D eigenvalue weighted by Gasteiger charge is 2.15. The van der Waals surface area contributed by atoms with Crippen LogP contribution >= 0.6 is 31.9 Å². The van der Waals surface area contributed by atoms with Gasteiger partial charge in [0, 0.05) is 15.0 Å². The molecule has 1 heterocycles. The van der Waals surface area contributed by atoms with Crippen molar-refractivity contribution in [3.8, 4) is 11.8 Å². The van der Waals surface area contributed by atoms with Gasteiger partial charge in [0.05, 0.1) is 6.42 Å². The van der Waals surface area contributed by atoms with Gasteiger partial charge in [-0.1, -0.05) is 98.6 Å². The van der Waals surface area contributed by atoms with Crippen LogP contribution in [-0.4, -0.2) is 10.9 Å². The van der Waals surface area contributed by atoms with E-state index in [2.05, 4.69) is 42.2 Å². The fourth-order valence-corrected chi connectivity index (χ4v) is 4.50. The molecule has 172 valence electrons. The first-order chi connectivity index (χ1) is 16.6. The molecule has 0 bridgehead atoms. The predicted octanol–water partition coefficient (Wildman–Crippen LogP) is 6.95. The summed E-state index contributed by atoms with van der Waals surface area (Å²) in [7, 11) is 0. The lowest BCUT2D eigenvalue weighted by atomic mass is 10.1. The monoisotopic (exact) mass is 580 g/mol. The third kappa shape index (κ3) is 6.68. The van der Waals surface area contributed by atoms with E-state index >= 15 is 0 Å². The van der Waals surface area contributed by atoms with Crippen LogP contribution in [0.25, 0.3) is 0 Å². The second-order valence-electron chi connectivity index (χ2n) is 7.48. The summed E-state index contributed by atoms with van der Waals surface area (Å²) in [4.78, 5) is 17.4. The van der Waals surface area contributed by atoms with Crippen LogP contribution in [-0.2, 0) is 24.4 Å². The number of hydrogen-bond acceptors (Lipinski definition) is 4. The van der Waals surface area contributed by atoms with E-state index < -0.39 is 0 Å². The number of nitrogens with one attached hydrogen (secondary N) is 1. The maximum atomic E-state index is 12.8. The molecule has 1 amide bonds. The minimum atomic E-state index is -0.183. The van der Waals surface area contributed by atoms with E-state index in [4.69, 9.17) is 9.47 Å². The molecular formula is C27H22Br2N2O3. The van der Waals surface area contributed by atoms with E-state index in [-0.39, 0.29) is 12.3 Å². The van der Waals surface area contributed by atoms with Crippen LogP contribution in [0.3, 0.4) is 0 Å². The van der Waals surface area contributed by atoms with Crippen molar-refractivity contribution in [2.45, 2.75) is 19.6 Å². The number of benzene rings is 3. The summed E-state index contributed by atoms with van der Waals surface area (Å²) in [5.74, 6) is 0.532. The Kier molecular flexibility index (Phi) is 8.33. The van der Waals surface area contributed by atoms with Gasteiger partial charge in [-0.15, -0.1) is 0 Å². The molecule has 0 fully saturated rings. The Hall–Kier alpha value is -3.16. The van der Waals surface area contributed by atoms with Crippen LogP contribution < -0.4 is 14.8 Å². The minimum Gasteiger partial charge on any atom is -0.473 e. The summed E-state index contributed by atoms with van der Waals surface area (Å²) < 4.78 is 13.6.